The average Bonchev–Trinajstić information content (AvgIpc) is 2.60. The predicted molar refractivity (Wildman–Crippen MR) is 91.2 cm³/mol. The fourth-order valence-electron chi connectivity index (χ4n) is 2.61. The third-order valence-electron chi connectivity index (χ3n) is 4.02. The van der Waals surface area contributed by atoms with Gasteiger partial charge in [-0.3, -0.25) is 14.8 Å². The van der Waals surface area contributed by atoms with Crippen molar-refractivity contribution < 1.29 is 9.18 Å². The van der Waals surface area contributed by atoms with Crippen LogP contribution in [0.4, 0.5) is 4.39 Å². The van der Waals surface area contributed by atoms with Gasteiger partial charge < -0.3 is 5.32 Å². The van der Waals surface area contributed by atoms with E-state index in [1.807, 2.05) is 31.2 Å². The first-order chi connectivity index (χ1) is 11.6. The lowest BCUT2D eigenvalue weighted by Crippen LogP contribution is -2.27. The number of fused-ring (bicyclic) bond motifs is 1. The van der Waals surface area contributed by atoms with Gasteiger partial charge in [-0.1, -0.05) is 31.2 Å². The van der Waals surface area contributed by atoms with Crippen molar-refractivity contribution in [3.63, 3.8) is 0 Å². The van der Waals surface area contributed by atoms with Crippen LogP contribution in [-0.2, 0) is 6.42 Å². The Bertz CT molecular complexity index is 877. The van der Waals surface area contributed by atoms with Gasteiger partial charge in [0.05, 0.1) is 17.1 Å². The molecule has 3 aromatic rings. The number of nitrogens with zero attached hydrogens (tertiary/aromatic N) is 2. The van der Waals surface area contributed by atoms with E-state index < -0.39 is 5.82 Å². The van der Waals surface area contributed by atoms with E-state index in [0.717, 1.165) is 12.0 Å². The summed E-state index contributed by atoms with van der Waals surface area (Å²) in [4.78, 5) is 20.8. The first kappa shape index (κ1) is 16.1. The summed E-state index contributed by atoms with van der Waals surface area (Å²) < 4.78 is 13.8. The van der Waals surface area contributed by atoms with Gasteiger partial charge >= 0.3 is 0 Å². The zero-order valence-corrected chi connectivity index (χ0v) is 13.6. The molecular formula is C19H18FN3O. The highest BCUT2D eigenvalue weighted by Crippen LogP contribution is 2.19. The third kappa shape index (κ3) is 3.25. The molecule has 5 heteroatoms. The molecule has 0 bridgehead atoms. The van der Waals surface area contributed by atoms with Crippen molar-refractivity contribution in [1.29, 1.82) is 0 Å². The first-order valence-electron chi connectivity index (χ1n) is 7.88. The van der Waals surface area contributed by atoms with Gasteiger partial charge in [0, 0.05) is 18.5 Å². The van der Waals surface area contributed by atoms with Gasteiger partial charge in [-0.2, -0.15) is 0 Å². The van der Waals surface area contributed by atoms with Gasteiger partial charge in [0.25, 0.3) is 5.91 Å². The van der Waals surface area contributed by atoms with E-state index in [-0.39, 0.29) is 17.5 Å². The van der Waals surface area contributed by atoms with E-state index in [9.17, 15) is 9.18 Å². The molecule has 1 atom stereocenters. The van der Waals surface area contributed by atoms with E-state index in [4.69, 9.17) is 0 Å². The number of aryl methyl sites for hydroxylation is 1. The zero-order valence-electron chi connectivity index (χ0n) is 13.6. The maximum Gasteiger partial charge on any atom is 0.254 e. The summed E-state index contributed by atoms with van der Waals surface area (Å²) in [6.07, 6.45) is 3.93. The monoisotopic (exact) mass is 323 g/mol. The Morgan fingerprint density at radius 2 is 1.88 bits per heavy atom. The van der Waals surface area contributed by atoms with Crippen molar-refractivity contribution in [3.8, 4) is 0 Å². The van der Waals surface area contributed by atoms with Crippen LogP contribution in [0.5, 0.6) is 0 Å². The lowest BCUT2D eigenvalue weighted by atomic mass is 10.0. The van der Waals surface area contributed by atoms with Gasteiger partial charge in [-0.15, -0.1) is 0 Å². The van der Waals surface area contributed by atoms with Crippen molar-refractivity contribution >= 4 is 16.9 Å². The summed E-state index contributed by atoms with van der Waals surface area (Å²) in [6.45, 7) is 3.99. The smallest absolute Gasteiger partial charge is 0.254 e. The standard InChI is InChI=1S/C19H18FN3O/c1-3-13-4-6-14(7-5-13)12(2)23-19(24)16-10-15(20)11-17-18(16)22-9-8-21-17/h4-12H,3H2,1-2H3,(H,23,24). The van der Waals surface area contributed by atoms with Crippen LogP contribution in [-0.4, -0.2) is 15.9 Å². The summed E-state index contributed by atoms with van der Waals surface area (Å²) >= 11 is 0. The Morgan fingerprint density at radius 1 is 1.17 bits per heavy atom. The van der Waals surface area contributed by atoms with Gasteiger partial charge in [0.15, 0.2) is 0 Å². The Morgan fingerprint density at radius 3 is 2.58 bits per heavy atom. The Kier molecular flexibility index (Phi) is 4.51. The number of amides is 1. The van der Waals surface area contributed by atoms with E-state index in [1.54, 1.807) is 0 Å². The van der Waals surface area contributed by atoms with Gasteiger partial charge in [0.2, 0.25) is 0 Å². The van der Waals surface area contributed by atoms with Crippen LogP contribution in [0.1, 0.15) is 41.4 Å². The van der Waals surface area contributed by atoms with Crippen molar-refractivity contribution in [2.45, 2.75) is 26.3 Å². The molecule has 0 saturated carbocycles. The van der Waals surface area contributed by atoms with Crippen molar-refractivity contribution in [2.75, 3.05) is 0 Å². The Labute approximate surface area is 139 Å². The van der Waals surface area contributed by atoms with Crippen LogP contribution in [0.15, 0.2) is 48.8 Å². The normalized spacial score (nSPS) is 12.1. The number of aromatic nitrogens is 2. The molecular weight excluding hydrogens is 305 g/mol. The molecule has 0 radical (unpaired) electrons. The fourth-order valence-corrected chi connectivity index (χ4v) is 2.61. The van der Waals surface area contributed by atoms with Crippen molar-refractivity contribution in [1.82, 2.24) is 15.3 Å². The molecule has 1 aromatic heterocycles. The highest BCUT2D eigenvalue weighted by Gasteiger charge is 2.16. The number of hydrogen-bond donors (Lipinski definition) is 1. The number of hydrogen-bond acceptors (Lipinski definition) is 3. The summed E-state index contributed by atoms with van der Waals surface area (Å²) in [5, 5.41) is 2.90. The molecule has 24 heavy (non-hydrogen) atoms. The van der Waals surface area contributed by atoms with Crippen molar-refractivity contribution in [3.05, 3.63) is 71.3 Å². The highest BCUT2D eigenvalue weighted by molar-refractivity contribution is 6.04. The number of rotatable bonds is 4. The first-order valence-corrected chi connectivity index (χ1v) is 7.88. The maximum atomic E-state index is 13.8. The molecule has 0 aliphatic heterocycles. The lowest BCUT2D eigenvalue weighted by molar-refractivity contribution is 0.0941. The number of carbonyl (C=O) groups is 1. The van der Waals surface area contributed by atoms with E-state index in [2.05, 4.69) is 22.2 Å². The summed E-state index contributed by atoms with van der Waals surface area (Å²) in [7, 11) is 0. The quantitative estimate of drug-likeness (QED) is 0.794. The summed E-state index contributed by atoms with van der Waals surface area (Å²) in [6, 6.07) is 10.3. The Balaban J connectivity index is 1.86. The second-order valence-electron chi connectivity index (χ2n) is 5.67. The molecule has 122 valence electrons. The van der Waals surface area contributed by atoms with Gasteiger partial charge in [-0.25, -0.2) is 4.39 Å². The minimum atomic E-state index is -0.506. The fraction of sp³-hybridized carbons (Fsp3) is 0.211. The number of carbonyl (C=O) groups excluding carboxylic acids is 1. The summed E-state index contributed by atoms with van der Waals surface area (Å²) in [5.74, 6) is -0.875. The second-order valence-corrected chi connectivity index (χ2v) is 5.67. The third-order valence-corrected chi connectivity index (χ3v) is 4.02. The molecule has 1 unspecified atom stereocenters. The molecule has 0 saturated heterocycles. The molecule has 1 N–H and O–H groups in total. The van der Waals surface area contributed by atoms with Crippen LogP contribution >= 0.6 is 0 Å². The molecule has 3 rings (SSSR count). The number of benzene rings is 2. The molecule has 1 amide bonds. The second kappa shape index (κ2) is 6.74. The molecule has 4 nitrogen and oxygen atoms in total. The highest BCUT2D eigenvalue weighted by atomic mass is 19.1. The average molecular weight is 323 g/mol. The summed E-state index contributed by atoms with van der Waals surface area (Å²) in [5.41, 5.74) is 3.18. The number of nitrogens with one attached hydrogen (secondary N) is 1. The molecule has 2 aromatic carbocycles. The SMILES string of the molecule is CCc1ccc(C(C)NC(=O)c2cc(F)cc3nccnc23)cc1. The molecule has 0 aliphatic rings. The van der Waals surface area contributed by atoms with Crippen LogP contribution in [0.3, 0.4) is 0 Å². The van der Waals surface area contributed by atoms with E-state index in [1.165, 1.54) is 30.1 Å². The zero-order chi connectivity index (χ0) is 17.1. The molecule has 1 heterocycles. The largest absolute Gasteiger partial charge is 0.345 e. The molecule has 0 fully saturated rings. The van der Waals surface area contributed by atoms with Crippen molar-refractivity contribution in [2.24, 2.45) is 0 Å². The molecule has 0 spiro atoms. The van der Waals surface area contributed by atoms with E-state index in [0.29, 0.717) is 11.0 Å². The Hall–Kier alpha value is -2.82. The topological polar surface area (TPSA) is 54.9 Å². The minimum Gasteiger partial charge on any atom is -0.345 e. The van der Waals surface area contributed by atoms with E-state index >= 15 is 0 Å². The maximum absolute atomic E-state index is 13.8. The molecule has 0 aliphatic carbocycles. The number of halogens is 1. The van der Waals surface area contributed by atoms with Gasteiger partial charge in [0.1, 0.15) is 11.3 Å². The van der Waals surface area contributed by atoms with Crippen LogP contribution < -0.4 is 5.32 Å². The minimum absolute atomic E-state index is 0.190. The lowest BCUT2D eigenvalue weighted by Gasteiger charge is -2.15. The van der Waals surface area contributed by atoms with Crippen LogP contribution in [0.25, 0.3) is 11.0 Å². The van der Waals surface area contributed by atoms with Gasteiger partial charge in [-0.05, 0) is 30.5 Å². The van der Waals surface area contributed by atoms with Crippen LogP contribution in [0.2, 0.25) is 0 Å². The predicted octanol–water partition coefficient (Wildman–Crippen LogP) is 3.82. The van der Waals surface area contributed by atoms with Crippen LogP contribution in [0, 0.1) is 5.82 Å².